The number of aromatic nitrogens is 3. The Morgan fingerprint density at radius 3 is 2.44 bits per heavy atom. The van der Waals surface area contributed by atoms with Crippen LogP contribution in [0.1, 0.15) is 94.9 Å². The van der Waals surface area contributed by atoms with E-state index in [4.69, 9.17) is 9.47 Å². The van der Waals surface area contributed by atoms with Crippen molar-refractivity contribution in [3.8, 4) is 5.88 Å². The van der Waals surface area contributed by atoms with Crippen molar-refractivity contribution in [1.82, 2.24) is 19.7 Å². The molecule has 284 valence electrons. The minimum Gasteiger partial charge on any atom is -0.475 e. The molecule has 15 heteroatoms. The number of piperidine rings is 1. The van der Waals surface area contributed by atoms with Crippen LogP contribution in [0.15, 0.2) is 41.7 Å². The SMILES string of the molecule is C=CCCCOc1nnc(N[C@H](C)c2cccc(C(F)(F)C3CCN(C(=O)OC(C)(C)C)CC3)c2F)c2cc(C3CCS(=O)(=O)CC3)c(=O)n(C)c12. The number of ether oxygens (including phenoxy) is 2. The normalized spacial score (nSPS) is 17.9. The minimum atomic E-state index is -3.52. The molecule has 1 N–H and O–H groups in total. The second kappa shape index (κ2) is 15.5. The lowest BCUT2D eigenvalue weighted by atomic mass is 9.85. The van der Waals surface area contributed by atoms with Crippen molar-refractivity contribution in [1.29, 1.82) is 0 Å². The molecular formula is C37H48F3N5O6S. The van der Waals surface area contributed by atoms with Crippen molar-refractivity contribution < 1.29 is 35.9 Å². The maximum atomic E-state index is 16.2. The second-order valence-corrected chi connectivity index (χ2v) is 17.0. The number of aryl methyl sites for hydroxylation is 1. The summed E-state index contributed by atoms with van der Waals surface area (Å²) in [5.41, 5.74) is -1.05. The third-order valence-corrected chi connectivity index (χ3v) is 11.5. The van der Waals surface area contributed by atoms with E-state index >= 15 is 13.2 Å². The number of alkyl halides is 2. The number of allylic oxidation sites excluding steroid dienone is 1. The van der Waals surface area contributed by atoms with Crippen LogP contribution >= 0.6 is 0 Å². The van der Waals surface area contributed by atoms with Gasteiger partial charge in [0.1, 0.15) is 26.8 Å². The fourth-order valence-corrected chi connectivity index (χ4v) is 8.38. The molecule has 0 spiro atoms. The summed E-state index contributed by atoms with van der Waals surface area (Å²) >= 11 is 0. The maximum absolute atomic E-state index is 16.2. The Hall–Kier alpha value is -4.14. The third-order valence-electron chi connectivity index (χ3n) is 9.79. The number of fused-ring (bicyclic) bond motifs is 1. The van der Waals surface area contributed by atoms with Gasteiger partial charge in [-0.05, 0) is 78.2 Å². The van der Waals surface area contributed by atoms with Gasteiger partial charge in [-0.3, -0.25) is 4.79 Å². The Labute approximate surface area is 302 Å². The van der Waals surface area contributed by atoms with Crippen molar-refractivity contribution in [2.45, 2.75) is 89.7 Å². The molecular weight excluding hydrogens is 699 g/mol. The molecule has 1 aromatic carbocycles. The van der Waals surface area contributed by atoms with Crippen molar-refractivity contribution in [2.75, 3.05) is 36.5 Å². The molecule has 1 atom stereocenters. The summed E-state index contributed by atoms with van der Waals surface area (Å²) in [4.78, 5) is 27.6. The van der Waals surface area contributed by atoms with Gasteiger partial charge in [-0.2, -0.15) is 0 Å². The topological polar surface area (TPSA) is 133 Å². The highest BCUT2D eigenvalue weighted by atomic mass is 32.2. The standard InChI is InChI=1S/C37H48F3N5O6S/c1-7-8-9-19-50-33-31-28(22-27(34(46)44(31)6)24-15-20-52(48,49)21-16-24)32(42-43-33)41-23(2)26-11-10-12-29(30(26)38)37(39,40)25-13-17-45(18-14-25)35(47)51-36(3,4)5/h7,10-12,22-25H,1,8-9,13-21H2,2-6H3,(H,41,42)/t23-/m1/s1. The molecule has 3 aromatic rings. The Bertz CT molecular complexity index is 1960. The lowest BCUT2D eigenvalue weighted by Crippen LogP contribution is -2.44. The molecule has 2 saturated heterocycles. The molecule has 2 fully saturated rings. The molecule has 1 amide bonds. The molecule has 0 saturated carbocycles. The number of amides is 1. The highest BCUT2D eigenvalue weighted by Crippen LogP contribution is 2.44. The van der Waals surface area contributed by atoms with Gasteiger partial charge in [-0.25, -0.2) is 26.4 Å². The number of rotatable bonds is 11. The zero-order valence-corrected chi connectivity index (χ0v) is 31.2. The van der Waals surface area contributed by atoms with Gasteiger partial charge in [0.2, 0.25) is 0 Å². The molecule has 0 aliphatic carbocycles. The van der Waals surface area contributed by atoms with Gasteiger partial charge in [0.15, 0.2) is 5.82 Å². The van der Waals surface area contributed by atoms with Crippen LogP contribution in [0.25, 0.3) is 10.9 Å². The quantitative estimate of drug-likeness (QED) is 0.162. The van der Waals surface area contributed by atoms with Crippen LogP contribution in [-0.2, 0) is 27.5 Å². The highest BCUT2D eigenvalue weighted by Gasteiger charge is 2.46. The third kappa shape index (κ3) is 8.56. The van der Waals surface area contributed by atoms with E-state index in [1.54, 1.807) is 46.9 Å². The number of anilines is 1. The van der Waals surface area contributed by atoms with Gasteiger partial charge in [-0.1, -0.05) is 24.3 Å². The number of likely N-dealkylation sites (tertiary alicyclic amines) is 1. The van der Waals surface area contributed by atoms with Crippen LogP contribution in [0.5, 0.6) is 5.88 Å². The summed E-state index contributed by atoms with van der Waals surface area (Å²) in [6.45, 7) is 10.9. The van der Waals surface area contributed by atoms with E-state index in [0.29, 0.717) is 29.3 Å². The molecule has 2 aliphatic heterocycles. The average Bonchev–Trinajstić information content (AvgIpc) is 3.08. The van der Waals surface area contributed by atoms with Gasteiger partial charge in [0.05, 0.1) is 29.7 Å². The fourth-order valence-electron chi connectivity index (χ4n) is 6.89. The fraction of sp³-hybridized carbons (Fsp3) is 0.568. The summed E-state index contributed by atoms with van der Waals surface area (Å²) in [7, 11) is -1.61. The Kier molecular flexibility index (Phi) is 11.6. The number of sulfone groups is 1. The molecule has 5 rings (SSSR count). The largest absolute Gasteiger partial charge is 0.475 e. The molecule has 0 radical (unpaired) electrons. The first-order valence-corrected chi connectivity index (χ1v) is 19.5. The Balaban J connectivity index is 1.44. The van der Waals surface area contributed by atoms with Crippen molar-refractivity contribution in [2.24, 2.45) is 13.0 Å². The number of halogens is 3. The maximum Gasteiger partial charge on any atom is 0.410 e. The summed E-state index contributed by atoms with van der Waals surface area (Å²) in [5, 5.41) is 12.1. The van der Waals surface area contributed by atoms with E-state index < -0.39 is 50.8 Å². The van der Waals surface area contributed by atoms with Crippen LogP contribution in [0.3, 0.4) is 0 Å². The monoisotopic (exact) mass is 747 g/mol. The van der Waals surface area contributed by atoms with E-state index in [-0.39, 0.29) is 85.6 Å². The summed E-state index contributed by atoms with van der Waals surface area (Å²) in [5.74, 6) is -5.85. The number of pyridine rings is 1. The molecule has 2 aliphatic rings. The highest BCUT2D eigenvalue weighted by molar-refractivity contribution is 7.91. The number of nitrogens with zero attached hydrogens (tertiary/aromatic N) is 4. The number of unbranched alkanes of at least 4 members (excludes halogenated alkanes) is 1. The van der Waals surface area contributed by atoms with Crippen molar-refractivity contribution >= 4 is 32.7 Å². The number of hydrogen-bond donors (Lipinski definition) is 1. The predicted octanol–water partition coefficient (Wildman–Crippen LogP) is 7.02. The molecule has 52 heavy (non-hydrogen) atoms. The number of carbonyl (C=O) groups is 1. The molecule has 0 bridgehead atoms. The smallest absolute Gasteiger partial charge is 0.410 e. The van der Waals surface area contributed by atoms with E-state index in [9.17, 15) is 18.0 Å². The first kappa shape index (κ1) is 39.1. The number of carbonyl (C=O) groups excluding carboxylic acids is 1. The van der Waals surface area contributed by atoms with Crippen LogP contribution in [0, 0.1) is 11.7 Å². The second-order valence-electron chi connectivity index (χ2n) is 14.7. The van der Waals surface area contributed by atoms with E-state index in [0.717, 1.165) is 6.07 Å². The van der Waals surface area contributed by atoms with Gasteiger partial charge < -0.3 is 24.3 Å². The zero-order chi connectivity index (χ0) is 38.0. The lowest BCUT2D eigenvalue weighted by Gasteiger charge is -2.37. The average molecular weight is 748 g/mol. The molecule has 2 aromatic heterocycles. The first-order chi connectivity index (χ1) is 24.4. The minimum absolute atomic E-state index is 0.0226. The number of hydrogen-bond acceptors (Lipinski definition) is 9. The Morgan fingerprint density at radius 1 is 1.13 bits per heavy atom. The Morgan fingerprint density at radius 2 is 1.81 bits per heavy atom. The first-order valence-electron chi connectivity index (χ1n) is 17.7. The molecule has 11 nitrogen and oxygen atoms in total. The molecule has 4 heterocycles. The van der Waals surface area contributed by atoms with Gasteiger partial charge in [0, 0.05) is 42.6 Å². The van der Waals surface area contributed by atoms with Crippen LogP contribution in [-0.4, -0.2) is 71.0 Å². The van der Waals surface area contributed by atoms with Crippen molar-refractivity contribution in [3.05, 3.63) is 69.8 Å². The van der Waals surface area contributed by atoms with E-state index in [1.165, 1.54) is 21.6 Å². The predicted molar refractivity (Wildman–Crippen MR) is 193 cm³/mol. The lowest BCUT2D eigenvalue weighted by molar-refractivity contribution is -0.0885. The number of benzene rings is 1. The zero-order valence-electron chi connectivity index (χ0n) is 30.4. The molecule has 0 unspecified atom stereocenters. The van der Waals surface area contributed by atoms with E-state index in [1.807, 2.05) is 0 Å². The van der Waals surface area contributed by atoms with Crippen molar-refractivity contribution in [3.63, 3.8) is 0 Å². The number of nitrogens with one attached hydrogen (secondary N) is 1. The summed E-state index contributed by atoms with van der Waals surface area (Å²) < 4.78 is 85.2. The summed E-state index contributed by atoms with van der Waals surface area (Å²) in [6.07, 6.45) is 3.07. The van der Waals surface area contributed by atoms with E-state index in [2.05, 4.69) is 22.1 Å². The van der Waals surface area contributed by atoms with Crippen LogP contribution in [0.4, 0.5) is 23.8 Å². The van der Waals surface area contributed by atoms with Crippen LogP contribution < -0.4 is 15.6 Å². The van der Waals surface area contributed by atoms with Crippen LogP contribution in [0.2, 0.25) is 0 Å². The van der Waals surface area contributed by atoms with Gasteiger partial charge in [0.25, 0.3) is 17.4 Å². The van der Waals surface area contributed by atoms with Gasteiger partial charge in [-0.15, -0.1) is 16.8 Å². The summed E-state index contributed by atoms with van der Waals surface area (Å²) in [6, 6.07) is 4.69. The van der Waals surface area contributed by atoms with Gasteiger partial charge >= 0.3 is 6.09 Å².